The number of hydrogen-bond acceptors (Lipinski definition) is 8. The van der Waals surface area contributed by atoms with Crippen molar-refractivity contribution in [3.8, 4) is 22.6 Å². The molecule has 1 aliphatic carbocycles. The summed E-state index contributed by atoms with van der Waals surface area (Å²) in [7, 11) is 0. The number of aromatic nitrogens is 4. The highest BCUT2D eigenvalue weighted by atomic mass is 35.5. The van der Waals surface area contributed by atoms with Gasteiger partial charge in [0.25, 0.3) is 5.89 Å². The average molecular weight is 595 g/mol. The molecule has 3 aromatic heterocycles. The van der Waals surface area contributed by atoms with E-state index in [9.17, 15) is 18.0 Å². The predicted octanol–water partition coefficient (Wildman–Crippen LogP) is 7.31. The lowest BCUT2D eigenvalue weighted by atomic mass is 10.0. The van der Waals surface area contributed by atoms with Gasteiger partial charge in [0.15, 0.2) is 0 Å². The van der Waals surface area contributed by atoms with Crippen molar-refractivity contribution in [2.45, 2.75) is 38.0 Å². The van der Waals surface area contributed by atoms with Crippen molar-refractivity contribution in [3.05, 3.63) is 75.1 Å². The molecule has 208 valence electrons. The van der Waals surface area contributed by atoms with E-state index in [2.05, 4.69) is 20.3 Å². The lowest BCUT2D eigenvalue weighted by Crippen LogP contribution is -2.08. The fourth-order valence-corrected chi connectivity index (χ4v) is 4.46. The molecular formula is C26H19Cl2F3N4O5. The number of carboxylic acid groups (broad SMARTS) is 1. The van der Waals surface area contributed by atoms with Crippen molar-refractivity contribution in [1.82, 2.24) is 20.3 Å². The molecule has 0 amide bonds. The molecule has 9 nitrogen and oxygen atoms in total. The summed E-state index contributed by atoms with van der Waals surface area (Å²) in [5, 5.41) is 17.7. The van der Waals surface area contributed by atoms with Crippen molar-refractivity contribution >= 4 is 35.2 Å². The van der Waals surface area contributed by atoms with Gasteiger partial charge in [0.1, 0.15) is 18.1 Å². The highest BCUT2D eigenvalue weighted by Crippen LogP contribution is 2.46. The maximum atomic E-state index is 13.2. The number of pyridine rings is 1. The van der Waals surface area contributed by atoms with Gasteiger partial charge in [-0.3, -0.25) is 4.98 Å². The van der Waals surface area contributed by atoms with Crippen molar-refractivity contribution in [3.63, 3.8) is 0 Å². The number of benzene rings is 1. The third-order valence-corrected chi connectivity index (χ3v) is 6.54. The fourth-order valence-electron chi connectivity index (χ4n) is 3.92. The van der Waals surface area contributed by atoms with Gasteiger partial charge in [0, 0.05) is 35.0 Å². The molecule has 0 atom stereocenters. The first kappa shape index (κ1) is 27.8. The SMILES string of the molecule is O=C(O)c1cc(-c2noc(COCC/C=C/c3c(-c4c(Cl)cncc4Cl)noc3C3CC3)n2)cc(C(F)(F)F)c1. The standard InChI is InChI=1S/C26H19Cl2F3N4O5/c27-18-10-32-11-19(28)21(18)22-17(23(40-34-22)13-4-5-13)3-1-2-6-38-12-20-33-24(35-39-20)14-7-15(25(36)37)9-16(8-14)26(29,30)31/h1,3,7-11,13H,2,4-6,12H2,(H,36,37)/b3-1+. The smallest absolute Gasteiger partial charge is 0.416 e. The van der Waals surface area contributed by atoms with Gasteiger partial charge in [0.2, 0.25) is 5.82 Å². The molecule has 0 unspecified atom stereocenters. The van der Waals surface area contributed by atoms with Crippen LogP contribution in [0.4, 0.5) is 13.2 Å². The normalized spacial score (nSPS) is 13.8. The van der Waals surface area contributed by atoms with Crippen molar-refractivity contribution in [2.75, 3.05) is 6.61 Å². The van der Waals surface area contributed by atoms with E-state index in [0.717, 1.165) is 36.3 Å². The molecule has 14 heteroatoms. The first-order valence-electron chi connectivity index (χ1n) is 11.9. The Morgan fingerprint density at radius 2 is 1.88 bits per heavy atom. The zero-order chi connectivity index (χ0) is 28.4. The van der Waals surface area contributed by atoms with E-state index >= 15 is 0 Å². The van der Waals surface area contributed by atoms with Gasteiger partial charge in [-0.25, -0.2) is 4.79 Å². The van der Waals surface area contributed by atoms with Crippen LogP contribution in [0.5, 0.6) is 0 Å². The van der Waals surface area contributed by atoms with E-state index in [1.54, 1.807) is 0 Å². The van der Waals surface area contributed by atoms with E-state index in [0.29, 0.717) is 33.8 Å². The minimum Gasteiger partial charge on any atom is -0.478 e. The summed E-state index contributed by atoms with van der Waals surface area (Å²) in [5.74, 6) is -0.635. The molecule has 1 fully saturated rings. The second-order valence-corrected chi connectivity index (χ2v) is 9.73. The number of rotatable bonds is 10. The summed E-state index contributed by atoms with van der Waals surface area (Å²) < 4.78 is 55.8. The Balaban J connectivity index is 1.22. The van der Waals surface area contributed by atoms with Crippen molar-refractivity contribution in [2.24, 2.45) is 0 Å². The summed E-state index contributed by atoms with van der Waals surface area (Å²) >= 11 is 12.6. The van der Waals surface area contributed by atoms with Gasteiger partial charge in [0.05, 0.1) is 27.8 Å². The van der Waals surface area contributed by atoms with E-state index in [4.69, 9.17) is 42.1 Å². The lowest BCUT2D eigenvalue weighted by Gasteiger charge is -2.09. The van der Waals surface area contributed by atoms with Gasteiger partial charge in [-0.2, -0.15) is 18.2 Å². The van der Waals surface area contributed by atoms with Gasteiger partial charge >= 0.3 is 12.1 Å². The summed E-state index contributed by atoms with van der Waals surface area (Å²) in [6.45, 7) is 0.163. The highest BCUT2D eigenvalue weighted by Gasteiger charge is 2.33. The molecule has 0 spiro atoms. The number of carboxylic acids is 1. The minimum absolute atomic E-state index is 0.0209. The van der Waals surface area contributed by atoms with Crippen LogP contribution in [-0.4, -0.2) is 38.0 Å². The zero-order valence-electron chi connectivity index (χ0n) is 20.4. The molecule has 5 rings (SSSR count). The van der Waals surface area contributed by atoms with Crippen LogP contribution in [-0.2, 0) is 17.5 Å². The van der Waals surface area contributed by atoms with Crippen LogP contribution in [0.2, 0.25) is 10.0 Å². The van der Waals surface area contributed by atoms with Crippen LogP contribution >= 0.6 is 23.2 Å². The summed E-state index contributed by atoms with van der Waals surface area (Å²) in [5.41, 5.74) is 0.0137. The Kier molecular flexibility index (Phi) is 7.92. The Morgan fingerprint density at radius 1 is 1.12 bits per heavy atom. The van der Waals surface area contributed by atoms with Gasteiger partial charge in [-0.05, 0) is 37.5 Å². The maximum Gasteiger partial charge on any atom is 0.416 e. The lowest BCUT2D eigenvalue weighted by molar-refractivity contribution is -0.137. The molecule has 40 heavy (non-hydrogen) atoms. The number of aromatic carboxylic acids is 1. The van der Waals surface area contributed by atoms with Crippen molar-refractivity contribution in [1.29, 1.82) is 0 Å². The van der Waals surface area contributed by atoms with E-state index in [1.807, 2.05) is 12.2 Å². The Hall–Kier alpha value is -3.74. The summed E-state index contributed by atoms with van der Waals surface area (Å²) in [6, 6.07) is 2.34. The maximum absolute atomic E-state index is 13.2. The van der Waals surface area contributed by atoms with Crippen LogP contribution < -0.4 is 0 Å². The number of nitrogens with zero attached hydrogens (tertiary/aromatic N) is 4. The van der Waals surface area contributed by atoms with Crippen LogP contribution in [0.15, 0.2) is 45.7 Å². The monoisotopic (exact) mass is 594 g/mol. The number of alkyl halides is 3. The molecule has 1 saturated carbocycles. The highest BCUT2D eigenvalue weighted by molar-refractivity contribution is 6.39. The minimum atomic E-state index is -4.74. The molecule has 1 aromatic carbocycles. The first-order valence-corrected chi connectivity index (χ1v) is 12.7. The quantitative estimate of drug-likeness (QED) is 0.188. The van der Waals surface area contributed by atoms with Crippen LogP contribution in [0.25, 0.3) is 28.7 Å². The van der Waals surface area contributed by atoms with Gasteiger partial charge in [-0.15, -0.1) is 0 Å². The van der Waals surface area contributed by atoms with E-state index in [1.165, 1.54) is 12.4 Å². The van der Waals surface area contributed by atoms with Crippen molar-refractivity contribution < 1.29 is 36.9 Å². The van der Waals surface area contributed by atoms with Crippen LogP contribution in [0.3, 0.4) is 0 Å². The van der Waals surface area contributed by atoms with Gasteiger partial charge in [-0.1, -0.05) is 45.7 Å². The number of carbonyl (C=O) groups is 1. The number of halogens is 5. The molecule has 3 heterocycles. The Labute approximate surface area is 234 Å². The number of ether oxygens (including phenoxy) is 1. The van der Waals surface area contributed by atoms with Crippen LogP contribution in [0.1, 0.15) is 58.3 Å². The summed E-state index contributed by atoms with van der Waals surface area (Å²) in [4.78, 5) is 19.3. The number of hydrogen-bond donors (Lipinski definition) is 1. The zero-order valence-corrected chi connectivity index (χ0v) is 21.9. The van der Waals surface area contributed by atoms with E-state index < -0.39 is 23.3 Å². The molecular weight excluding hydrogens is 576 g/mol. The fraction of sp³-hybridized carbons (Fsp3) is 0.269. The Bertz CT molecular complexity index is 1560. The van der Waals surface area contributed by atoms with Crippen LogP contribution in [0, 0.1) is 0 Å². The summed E-state index contributed by atoms with van der Waals surface area (Å²) in [6.07, 6.45) is 4.46. The third kappa shape index (κ3) is 6.19. The first-order chi connectivity index (χ1) is 19.1. The largest absolute Gasteiger partial charge is 0.478 e. The molecule has 0 bridgehead atoms. The topological polar surface area (TPSA) is 124 Å². The van der Waals surface area contributed by atoms with E-state index in [-0.39, 0.29) is 36.4 Å². The molecule has 0 saturated heterocycles. The second kappa shape index (κ2) is 11.4. The predicted molar refractivity (Wildman–Crippen MR) is 137 cm³/mol. The average Bonchev–Trinajstić information content (AvgIpc) is 3.49. The molecule has 4 aromatic rings. The molecule has 1 N–H and O–H groups in total. The third-order valence-electron chi connectivity index (χ3n) is 5.97. The molecule has 1 aliphatic rings. The Morgan fingerprint density at radius 3 is 2.55 bits per heavy atom. The second-order valence-electron chi connectivity index (χ2n) is 8.92. The molecule has 0 aliphatic heterocycles. The molecule has 0 radical (unpaired) electrons. The van der Waals surface area contributed by atoms with Gasteiger partial charge < -0.3 is 18.9 Å².